The number of hydrogen-bond donors (Lipinski definition) is 0. The molecule has 3 nitrogen and oxygen atoms in total. The third-order valence-corrected chi connectivity index (χ3v) is 5.06. The maximum atomic E-state index is 2.35. The van der Waals surface area contributed by atoms with Crippen LogP contribution in [0.15, 0.2) is 42.6 Å². The summed E-state index contributed by atoms with van der Waals surface area (Å²) in [6, 6.07) is 13.3. The minimum Gasteiger partial charge on any atom is -0.344 e. The molecule has 0 unspecified atom stereocenters. The zero-order valence-corrected chi connectivity index (χ0v) is 14.4. The Bertz CT molecular complexity index is 1060. The molecule has 2 aromatic carbocycles. The molecule has 2 heterocycles. The van der Waals surface area contributed by atoms with E-state index in [2.05, 4.69) is 91.3 Å². The summed E-state index contributed by atoms with van der Waals surface area (Å²) in [5.74, 6) is 1.25. The first kappa shape index (κ1) is 14.1. The summed E-state index contributed by atoms with van der Waals surface area (Å²) < 4.78 is 6.77. The molecule has 0 saturated carbocycles. The van der Waals surface area contributed by atoms with Gasteiger partial charge in [-0.2, -0.15) is 0 Å². The van der Waals surface area contributed by atoms with Crippen LogP contribution in [0, 0.1) is 13.8 Å². The Kier molecular flexibility index (Phi) is 2.89. The first-order chi connectivity index (χ1) is 11.0. The van der Waals surface area contributed by atoms with E-state index in [1.54, 1.807) is 0 Å². The summed E-state index contributed by atoms with van der Waals surface area (Å²) in [6.07, 6.45) is 2.18. The van der Waals surface area contributed by atoms with Crippen LogP contribution in [0.4, 0.5) is 0 Å². The lowest BCUT2D eigenvalue weighted by Crippen LogP contribution is -2.29. The fraction of sp³-hybridized carbons (Fsp3) is 0.250. The molecule has 0 saturated heterocycles. The quantitative estimate of drug-likeness (QED) is 0.475. The Morgan fingerprint density at radius 1 is 0.870 bits per heavy atom. The largest absolute Gasteiger partial charge is 0.344 e. The SMILES string of the molecule is Cc1cc2c(cc1-c1n(C)c(C)c[n+]1C)c1ccccc1n2C. The van der Waals surface area contributed by atoms with E-state index in [1.807, 2.05) is 0 Å². The molecular formula is C20H22N3+. The highest BCUT2D eigenvalue weighted by molar-refractivity contribution is 6.09. The number of para-hydroxylation sites is 1. The summed E-state index contributed by atoms with van der Waals surface area (Å²) in [7, 11) is 6.41. The van der Waals surface area contributed by atoms with Gasteiger partial charge in [0, 0.05) is 35.8 Å². The molecule has 4 rings (SSSR count). The molecule has 0 spiro atoms. The lowest BCUT2D eigenvalue weighted by Gasteiger charge is -2.06. The molecule has 23 heavy (non-hydrogen) atoms. The number of aromatic nitrogens is 3. The minimum absolute atomic E-state index is 1.25. The summed E-state index contributed by atoms with van der Waals surface area (Å²) in [4.78, 5) is 0. The molecule has 2 aromatic heterocycles. The smallest absolute Gasteiger partial charge is 0.288 e. The van der Waals surface area contributed by atoms with E-state index in [-0.39, 0.29) is 0 Å². The number of imidazole rings is 1. The Hall–Kier alpha value is -2.55. The molecule has 0 aliphatic carbocycles. The van der Waals surface area contributed by atoms with Crippen LogP contribution < -0.4 is 4.57 Å². The molecule has 3 heteroatoms. The Morgan fingerprint density at radius 2 is 1.61 bits per heavy atom. The molecule has 116 valence electrons. The van der Waals surface area contributed by atoms with Crippen molar-refractivity contribution in [2.24, 2.45) is 21.1 Å². The number of rotatable bonds is 1. The van der Waals surface area contributed by atoms with Crippen LogP contribution in [0.1, 0.15) is 11.3 Å². The van der Waals surface area contributed by atoms with Crippen molar-refractivity contribution >= 4 is 21.8 Å². The van der Waals surface area contributed by atoms with Crippen molar-refractivity contribution in [3.05, 3.63) is 53.9 Å². The third kappa shape index (κ3) is 1.86. The van der Waals surface area contributed by atoms with Gasteiger partial charge in [-0.3, -0.25) is 0 Å². The molecule has 4 aromatic rings. The fourth-order valence-electron chi connectivity index (χ4n) is 3.75. The number of nitrogens with zero attached hydrogens (tertiary/aromatic N) is 3. The topological polar surface area (TPSA) is 13.7 Å². The summed E-state index contributed by atoms with van der Waals surface area (Å²) in [6.45, 7) is 4.35. The van der Waals surface area contributed by atoms with Crippen molar-refractivity contribution in [3.63, 3.8) is 0 Å². The van der Waals surface area contributed by atoms with E-state index in [0.29, 0.717) is 0 Å². The van der Waals surface area contributed by atoms with Crippen LogP contribution in [0.25, 0.3) is 33.2 Å². The highest BCUT2D eigenvalue weighted by atomic mass is 15.1. The van der Waals surface area contributed by atoms with Gasteiger partial charge in [-0.05, 0) is 30.7 Å². The molecule has 0 bridgehead atoms. The minimum atomic E-state index is 1.25. The van der Waals surface area contributed by atoms with Crippen LogP contribution in [-0.4, -0.2) is 9.13 Å². The lowest BCUT2D eigenvalue weighted by molar-refractivity contribution is -0.659. The van der Waals surface area contributed by atoms with Gasteiger partial charge >= 0.3 is 0 Å². The second-order valence-electron chi connectivity index (χ2n) is 6.52. The zero-order chi connectivity index (χ0) is 16.3. The van der Waals surface area contributed by atoms with Gasteiger partial charge in [0.2, 0.25) is 0 Å². The van der Waals surface area contributed by atoms with E-state index >= 15 is 0 Å². The van der Waals surface area contributed by atoms with E-state index in [0.717, 1.165) is 0 Å². The number of fused-ring (bicyclic) bond motifs is 3. The fourth-order valence-corrected chi connectivity index (χ4v) is 3.75. The van der Waals surface area contributed by atoms with Crippen LogP contribution in [0.3, 0.4) is 0 Å². The summed E-state index contributed by atoms with van der Waals surface area (Å²) >= 11 is 0. The first-order valence-electron chi connectivity index (χ1n) is 7.99. The number of aryl methyl sites for hydroxylation is 4. The van der Waals surface area contributed by atoms with Crippen molar-refractivity contribution in [1.29, 1.82) is 0 Å². The van der Waals surface area contributed by atoms with E-state index in [4.69, 9.17) is 0 Å². The van der Waals surface area contributed by atoms with Gasteiger partial charge in [0.15, 0.2) is 0 Å². The summed E-state index contributed by atoms with van der Waals surface area (Å²) in [5.41, 5.74) is 6.44. The van der Waals surface area contributed by atoms with Gasteiger partial charge in [-0.1, -0.05) is 18.2 Å². The average molecular weight is 304 g/mol. The van der Waals surface area contributed by atoms with Crippen molar-refractivity contribution in [1.82, 2.24) is 9.13 Å². The first-order valence-corrected chi connectivity index (χ1v) is 7.99. The van der Waals surface area contributed by atoms with Crippen molar-refractivity contribution in [2.75, 3.05) is 0 Å². The average Bonchev–Trinajstić information content (AvgIpc) is 2.94. The predicted molar refractivity (Wildman–Crippen MR) is 95.5 cm³/mol. The molecule has 0 N–H and O–H groups in total. The second kappa shape index (κ2) is 4.72. The maximum absolute atomic E-state index is 2.35. The van der Waals surface area contributed by atoms with Gasteiger partial charge in [-0.15, -0.1) is 0 Å². The highest BCUT2D eigenvalue weighted by Crippen LogP contribution is 2.33. The van der Waals surface area contributed by atoms with E-state index in [9.17, 15) is 0 Å². The van der Waals surface area contributed by atoms with Gasteiger partial charge in [-0.25, -0.2) is 9.13 Å². The van der Waals surface area contributed by atoms with Crippen molar-refractivity contribution in [2.45, 2.75) is 13.8 Å². The van der Waals surface area contributed by atoms with Crippen LogP contribution in [0.5, 0.6) is 0 Å². The Morgan fingerprint density at radius 3 is 2.30 bits per heavy atom. The van der Waals surface area contributed by atoms with Crippen molar-refractivity contribution < 1.29 is 4.57 Å². The second-order valence-corrected chi connectivity index (χ2v) is 6.52. The monoisotopic (exact) mass is 304 g/mol. The molecular weight excluding hydrogens is 282 g/mol. The summed E-state index contributed by atoms with van der Waals surface area (Å²) in [5, 5.41) is 2.64. The molecule has 0 atom stereocenters. The van der Waals surface area contributed by atoms with Crippen LogP contribution >= 0.6 is 0 Å². The lowest BCUT2D eigenvalue weighted by atomic mass is 10.0. The highest BCUT2D eigenvalue weighted by Gasteiger charge is 2.21. The van der Waals surface area contributed by atoms with E-state index < -0.39 is 0 Å². The maximum Gasteiger partial charge on any atom is 0.288 e. The standard InChI is InChI=1S/C20H22N3/c1-13-10-19-17(15-8-6-7-9-18(15)23(19)5)11-16(13)20-21(3)12-14(2)22(20)4/h6-12H,1-5H3/q+1. The third-order valence-electron chi connectivity index (χ3n) is 5.06. The molecule has 0 aliphatic rings. The van der Waals surface area contributed by atoms with Gasteiger partial charge in [0.1, 0.15) is 11.9 Å². The molecule has 0 radical (unpaired) electrons. The van der Waals surface area contributed by atoms with Crippen molar-refractivity contribution in [3.8, 4) is 11.4 Å². The van der Waals surface area contributed by atoms with Gasteiger partial charge in [0.05, 0.1) is 19.7 Å². The zero-order valence-electron chi connectivity index (χ0n) is 14.4. The molecule has 0 aliphatic heterocycles. The molecule has 0 fully saturated rings. The Labute approximate surface area is 136 Å². The van der Waals surface area contributed by atoms with Gasteiger partial charge in [0.25, 0.3) is 5.82 Å². The normalized spacial score (nSPS) is 11.7. The van der Waals surface area contributed by atoms with Crippen LogP contribution in [-0.2, 0) is 21.1 Å². The molecule has 0 amide bonds. The predicted octanol–water partition coefficient (Wildman–Crippen LogP) is 3.78. The Balaban J connectivity index is 2.13. The number of benzene rings is 2. The van der Waals surface area contributed by atoms with Gasteiger partial charge < -0.3 is 4.57 Å². The number of hydrogen-bond acceptors (Lipinski definition) is 0. The van der Waals surface area contributed by atoms with Crippen LogP contribution in [0.2, 0.25) is 0 Å². The van der Waals surface area contributed by atoms with E-state index in [1.165, 1.54) is 44.5 Å².